The maximum absolute atomic E-state index is 12.0. The van der Waals surface area contributed by atoms with Gasteiger partial charge in [0.15, 0.2) is 0 Å². The molecule has 2 aromatic rings. The number of carbonyl (C=O) groups excluding carboxylic acids is 1. The number of para-hydroxylation sites is 2. The van der Waals surface area contributed by atoms with E-state index in [-0.39, 0.29) is 11.8 Å². The molecule has 0 bridgehead atoms. The molecule has 4 heteroatoms. The molecule has 106 valence electrons. The van der Waals surface area contributed by atoms with Crippen LogP contribution >= 0.6 is 0 Å². The van der Waals surface area contributed by atoms with E-state index in [9.17, 15) is 4.79 Å². The third kappa shape index (κ3) is 2.30. The van der Waals surface area contributed by atoms with E-state index in [0.29, 0.717) is 6.04 Å². The third-order valence-electron chi connectivity index (χ3n) is 4.14. The molecule has 20 heavy (non-hydrogen) atoms. The lowest BCUT2D eigenvalue weighted by Crippen LogP contribution is -2.41. The number of benzene rings is 1. The lowest BCUT2D eigenvalue weighted by molar-refractivity contribution is -0.135. The predicted octanol–water partition coefficient (Wildman–Crippen LogP) is 2.86. The van der Waals surface area contributed by atoms with E-state index in [2.05, 4.69) is 21.7 Å². The number of imidazole rings is 1. The molecule has 0 saturated carbocycles. The molecule has 0 atom stereocenters. The van der Waals surface area contributed by atoms with Gasteiger partial charge in [-0.05, 0) is 25.0 Å². The Balaban J connectivity index is 1.74. The molecule has 0 N–H and O–H groups in total. The molecule has 1 amide bonds. The van der Waals surface area contributed by atoms with Gasteiger partial charge in [0.05, 0.1) is 17.4 Å². The van der Waals surface area contributed by atoms with Gasteiger partial charge in [-0.1, -0.05) is 26.0 Å². The Labute approximate surface area is 119 Å². The lowest BCUT2D eigenvalue weighted by Gasteiger charge is -2.33. The van der Waals surface area contributed by atoms with Crippen LogP contribution in [0.1, 0.15) is 32.7 Å². The molecule has 0 unspecified atom stereocenters. The van der Waals surface area contributed by atoms with Crippen molar-refractivity contribution < 1.29 is 4.79 Å². The molecule has 1 aliphatic rings. The maximum Gasteiger partial charge on any atom is 0.225 e. The number of hydrogen-bond acceptors (Lipinski definition) is 2. The Morgan fingerprint density at radius 3 is 2.65 bits per heavy atom. The summed E-state index contributed by atoms with van der Waals surface area (Å²) >= 11 is 0. The summed E-state index contributed by atoms with van der Waals surface area (Å²) in [5.41, 5.74) is 2.24. The molecule has 0 spiro atoms. The van der Waals surface area contributed by atoms with Gasteiger partial charge in [0.25, 0.3) is 0 Å². The first-order valence-electron chi connectivity index (χ1n) is 7.37. The molecule has 1 saturated heterocycles. The van der Waals surface area contributed by atoms with Crippen LogP contribution in [0.25, 0.3) is 11.0 Å². The minimum Gasteiger partial charge on any atom is -0.342 e. The van der Waals surface area contributed by atoms with Crippen molar-refractivity contribution >= 4 is 16.9 Å². The minimum absolute atomic E-state index is 0.0978. The highest BCUT2D eigenvalue weighted by molar-refractivity contribution is 5.78. The first-order valence-corrected chi connectivity index (χ1v) is 7.37. The number of piperidine rings is 1. The van der Waals surface area contributed by atoms with Crippen molar-refractivity contribution in [2.24, 2.45) is 5.92 Å². The topological polar surface area (TPSA) is 38.1 Å². The maximum atomic E-state index is 12.0. The van der Waals surface area contributed by atoms with Gasteiger partial charge in [-0.15, -0.1) is 0 Å². The van der Waals surface area contributed by atoms with E-state index in [1.54, 1.807) is 0 Å². The minimum atomic E-state index is 0.0978. The van der Waals surface area contributed by atoms with E-state index in [0.717, 1.165) is 31.4 Å². The second-order valence-electron chi connectivity index (χ2n) is 5.85. The summed E-state index contributed by atoms with van der Waals surface area (Å²) in [7, 11) is 0. The van der Waals surface area contributed by atoms with Crippen LogP contribution in [0.2, 0.25) is 0 Å². The normalized spacial score (nSPS) is 17.1. The second-order valence-corrected chi connectivity index (χ2v) is 5.85. The number of nitrogens with zero attached hydrogens (tertiary/aromatic N) is 3. The number of rotatable bonds is 2. The standard InChI is InChI=1S/C16H21N3O/c1-12(2)16(20)18-9-7-13(8-10-18)19-11-17-14-5-3-4-6-15(14)19/h3-6,11-13H,7-10H2,1-2H3. The summed E-state index contributed by atoms with van der Waals surface area (Å²) in [5.74, 6) is 0.375. The number of likely N-dealkylation sites (tertiary alicyclic amines) is 1. The first kappa shape index (κ1) is 13.2. The highest BCUT2D eigenvalue weighted by Gasteiger charge is 2.25. The molecule has 1 aromatic heterocycles. The summed E-state index contributed by atoms with van der Waals surface area (Å²) in [6.45, 7) is 5.65. The van der Waals surface area contributed by atoms with Crippen LogP contribution < -0.4 is 0 Å². The Kier molecular flexibility index (Phi) is 3.47. The fraction of sp³-hybridized carbons (Fsp3) is 0.500. The van der Waals surface area contributed by atoms with Crippen molar-refractivity contribution in [3.8, 4) is 0 Å². The van der Waals surface area contributed by atoms with Crippen molar-refractivity contribution in [3.05, 3.63) is 30.6 Å². The molecule has 3 rings (SSSR count). The predicted molar refractivity (Wildman–Crippen MR) is 79.4 cm³/mol. The van der Waals surface area contributed by atoms with Gasteiger partial charge < -0.3 is 9.47 Å². The molecule has 1 fully saturated rings. The quantitative estimate of drug-likeness (QED) is 0.842. The van der Waals surface area contributed by atoms with Gasteiger partial charge in [-0.2, -0.15) is 0 Å². The van der Waals surface area contributed by atoms with E-state index >= 15 is 0 Å². The van der Waals surface area contributed by atoms with Gasteiger partial charge in [0.2, 0.25) is 5.91 Å². The van der Waals surface area contributed by atoms with Crippen LogP contribution in [0.4, 0.5) is 0 Å². The van der Waals surface area contributed by atoms with Crippen LogP contribution in [0.15, 0.2) is 30.6 Å². The largest absolute Gasteiger partial charge is 0.342 e. The Hall–Kier alpha value is -1.84. The second kappa shape index (κ2) is 5.27. The molecular formula is C16H21N3O. The molecule has 1 aliphatic heterocycles. The van der Waals surface area contributed by atoms with E-state index in [1.165, 1.54) is 5.52 Å². The highest BCUT2D eigenvalue weighted by atomic mass is 16.2. The number of hydrogen-bond donors (Lipinski definition) is 0. The fourth-order valence-electron chi connectivity index (χ4n) is 3.00. The van der Waals surface area contributed by atoms with Crippen LogP contribution in [-0.4, -0.2) is 33.4 Å². The molecular weight excluding hydrogens is 250 g/mol. The Morgan fingerprint density at radius 2 is 1.95 bits per heavy atom. The molecule has 1 aromatic carbocycles. The van der Waals surface area contributed by atoms with Gasteiger partial charge in [0.1, 0.15) is 0 Å². The highest BCUT2D eigenvalue weighted by Crippen LogP contribution is 2.27. The average Bonchev–Trinajstić information content (AvgIpc) is 2.90. The first-order chi connectivity index (χ1) is 9.66. The van der Waals surface area contributed by atoms with E-state index in [4.69, 9.17) is 0 Å². The third-order valence-corrected chi connectivity index (χ3v) is 4.14. The van der Waals surface area contributed by atoms with Crippen molar-refractivity contribution in [3.63, 3.8) is 0 Å². The smallest absolute Gasteiger partial charge is 0.225 e. The van der Waals surface area contributed by atoms with Gasteiger partial charge in [-0.25, -0.2) is 4.98 Å². The van der Waals surface area contributed by atoms with Crippen molar-refractivity contribution in [2.75, 3.05) is 13.1 Å². The van der Waals surface area contributed by atoms with Crippen LogP contribution in [-0.2, 0) is 4.79 Å². The van der Waals surface area contributed by atoms with E-state index in [1.807, 2.05) is 37.2 Å². The number of fused-ring (bicyclic) bond motifs is 1. The number of carbonyl (C=O) groups is 1. The summed E-state index contributed by atoms with van der Waals surface area (Å²) < 4.78 is 2.27. The average molecular weight is 271 g/mol. The zero-order chi connectivity index (χ0) is 14.1. The van der Waals surface area contributed by atoms with Gasteiger partial charge >= 0.3 is 0 Å². The molecule has 0 aliphatic carbocycles. The van der Waals surface area contributed by atoms with Gasteiger partial charge in [-0.3, -0.25) is 4.79 Å². The fourth-order valence-corrected chi connectivity index (χ4v) is 3.00. The Bertz CT molecular complexity index is 609. The summed E-state index contributed by atoms with van der Waals surface area (Å²) in [6, 6.07) is 8.69. The van der Waals surface area contributed by atoms with Crippen LogP contribution in [0.5, 0.6) is 0 Å². The van der Waals surface area contributed by atoms with Gasteiger partial charge in [0, 0.05) is 25.0 Å². The SMILES string of the molecule is CC(C)C(=O)N1CCC(n2cnc3ccccc32)CC1. The van der Waals surface area contributed by atoms with Crippen molar-refractivity contribution in [2.45, 2.75) is 32.7 Å². The molecule has 2 heterocycles. The van der Waals surface area contributed by atoms with Crippen LogP contribution in [0.3, 0.4) is 0 Å². The summed E-state index contributed by atoms with van der Waals surface area (Å²) in [5, 5.41) is 0. The Morgan fingerprint density at radius 1 is 1.25 bits per heavy atom. The van der Waals surface area contributed by atoms with Crippen molar-refractivity contribution in [1.29, 1.82) is 0 Å². The van der Waals surface area contributed by atoms with Crippen LogP contribution in [0, 0.1) is 5.92 Å². The zero-order valence-electron chi connectivity index (χ0n) is 12.1. The monoisotopic (exact) mass is 271 g/mol. The molecule has 0 radical (unpaired) electrons. The lowest BCUT2D eigenvalue weighted by atomic mass is 10.0. The summed E-state index contributed by atoms with van der Waals surface area (Å²) in [6.07, 6.45) is 3.97. The molecule has 4 nitrogen and oxygen atoms in total. The summed E-state index contributed by atoms with van der Waals surface area (Å²) in [4.78, 5) is 18.5. The number of amides is 1. The zero-order valence-corrected chi connectivity index (χ0v) is 12.1. The van der Waals surface area contributed by atoms with Crippen molar-refractivity contribution in [1.82, 2.24) is 14.5 Å². The number of aromatic nitrogens is 2. The van der Waals surface area contributed by atoms with E-state index < -0.39 is 0 Å².